The zero-order valence-corrected chi connectivity index (χ0v) is 16.8. The number of nitrogens with zero attached hydrogens (tertiary/aromatic N) is 3. The summed E-state index contributed by atoms with van der Waals surface area (Å²) in [5.74, 6) is 1.32. The minimum absolute atomic E-state index is 0.275. The number of aromatic nitrogens is 3. The van der Waals surface area contributed by atoms with Crippen LogP contribution in [0, 0.1) is 0 Å². The third-order valence-corrected chi connectivity index (χ3v) is 5.24. The summed E-state index contributed by atoms with van der Waals surface area (Å²) in [7, 11) is 1.61. The van der Waals surface area contributed by atoms with Crippen molar-refractivity contribution in [3.63, 3.8) is 0 Å². The summed E-state index contributed by atoms with van der Waals surface area (Å²) in [4.78, 5) is 16.8. The Kier molecular flexibility index (Phi) is 5.44. The van der Waals surface area contributed by atoms with Crippen molar-refractivity contribution in [1.29, 1.82) is 0 Å². The van der Waals surface area contributed by atoms with Crippen molar-refractivity contribution in [1.82, 2.24) is 14.7 Å². The van der Waals surface area contributed by atoms with E-state index in [0.717, 1.165) is 21.8 Å². The molecule has 0 fully saturated rings. The predicted octanol–water partition coefficient (Wildman–Crippen LogP) is 4.08. The minimum Gasteiger partial charge on any atom is -0.493 e. The van der Waals surface area contributed by atoms with Crippen LogP contribution in [0.25, 0.3) is 22.0 Å². The molecule has 0 saturated carbocycles. The molecule has 0 aliphatic heterocycles. The van der Waals surface area contributed by atoms with E-state index in [-0.39, 0.29) is 6.54 Å². The summed E-state index contributed by atoms with van der Waals surface area (Å²) in [5.41, 5.74) is 2.48. The SMILES string of the molecule is CCOc1ccc(-c2nc(Cn3c(-c4ccccc4)noc3=O)cs2)cc1OC. The molecular weight excluding hydrogens is 390 g/mol. The number of hydrogen-bond acceptors (Lipinski definition) is 7. The molecule has 29 heavy (non-hydrogen) atoms. The van der Waals surface area contributed by atoms with E-state index < -0.39 is 5.76 Å². The second-order valence-corrected chi connectivity index (χ2v) is 7.03. The Labute approximate surface area is 171 Å². The summed E-state index contributed by atoms with van der Waals surface area (Å²) in [6, 6.07) is 15.2. The Bertz CT molecular complexity index is 1160. The van der Waals surface area contributed by atoms with E-state index in [2.05, 4.69) is 10.1 Å². The van der Waals surface area contributed by atoms with Crippen LogP contribution in [0.15, 0.2) is 63.2 Å². The first-order chi connectivity index (χ1) is 14.2. The van der Waals surface area contributed by atoms with Gasteiger partial charge in [-0.2, -0.15) is 0 Å². The summed E-state index contributed by atoms with van der Waals surface area (Å²) in [6.07, 6.45) is 0. The zero-order valence-electron chi connectivity index (χ0n) is 16.0. The Morgan fingerprint density at radius 2 is 1.93 bits per heavy atom. The number of methoxy groups -OCH3 is 1. The van der Waals surface area contributed by atoms with Crippen molar-refractivity contribution >= 4 is 11.3 Å². The maximum atomic E-state index is 12.2. The first-order valence-corrected chi connectivity index (χ1v) is 9.95. The van der Waals surface area contributed by atoms with Crippen LogP contribution in [0.5, 0.6) is 11.5 Å². The van der Waals surface area contributed by atoms with Gasteiger partial charge in [-0.25, -0.2) is 9.78 Å². The number of benzene rings is 2. The van der Waals surface area contributed by atoms with Crippen molar-refractivity contribution in [3.05, 3.63) is 70.2 Å². The maximum absolute atomic E-state index is 12.2. The molecule has 0 amide bonds. The van der Waals surface area contributed by atoms with E-state index in [0.29, 0.717) is 23.9 Å². The van der Waals surface area contributed by atoms with Gasteiger partial charge in [-0.05, 0) is 25.1 Å². The molecule has 0 bridgehead atoms. The van der Waals surface area contributed by atoms with Crippen LogP contribution < -0.4 is 15.2 Å². The van der Waals surface area contributed by atoms with Gasteiger partial charge in [0.15, 0.2) is 17.3 Å². The summed E-state index contributed by atoms with van der Waals surface area (Å²) >= 11 is 1.50. The second-order valence-electron chi connectivity index (χ2n) is 6.17. The van der Waals surface area contributed by atoms with Gasteiger partial charge in [0.1, 0.15) is 5.01 Å². The molecule has 2 aromatic carbocycles. The fraction of sp³-hybridized carbons (Fsp3) is 0.190. The van der Waals surface area contributed by atoms with Crippen molar-refractivity contribution in [2.24, 2.45) is 0 Å². The fourth-order valence-electron chi connectivity index (χ4n) is 2.95. The first-order valence-electron chi connectivity index (χ1n) is 9.07. The van der Waals surface area contributed by atoms with Crippen LogP contribution >= 0.6 is 11.3 Å². The third-order valence-electron chi connectivity index (χ3n) is 4.30. The maximum Gasteiger partial charge on any atom is 0.442 e. The second kappa shape index (κ2) is 8.32. The molecule has 0 radical (unpaired) electrons. The first kappa shape index (κ1) is 18.9. The highest BCUT2D eigenvalue weighted by molar-refractivity contribution is 7.13. The number of thiazole rings is 1. The molecule has 0 saturated heterocycles. The lowest BCUT2D eigenvalue weighted by Crippen LogP contribution is -2.16. The number of ether oxygens (including phenoxy) is 2. The molecule has 0 unspecified atom stereocenters. The average Bonchev–Trinajstić information content (AvgIpc) is 3.37. The van der Waals surface area contributed by atoms with E-state index in [9.17, 15) is 4.79 Å². The van der Waals surface area contributed by atoms with Gasteiger partial charge in [-0.1, -0.05) is 35.5 Å². The molecule has 7 nitrogen and oxygen atoms in total. The quantitative estimate of drug-likeness (QED) is 0.458. The molecule has 4 aromatic rings. The molecule has 0 aliphatic carbocycles. The lowest BCUT2D eigenvalue weighted by molar-refractivity contribution is 0.311. The highest BCUT2D eigenvalue weighted by atomic mass is 32.1. The van der Waals surface area contributed by atoms with E-state index >= 15 is 0 Å². The van der Waals surface area contributed by atoms with E-state index in [4.69, 9.17) is 14.0 Å². The molecule has 0 aliphatic rings. The largest absolute Gasteiger partial charge is 0.493 e. The van der Waals surface area contributed by atoms with Crippen LogP contribution in [0.1, 0.15) is 12.6 Å². The summed E-state index contributed by atoms with van der Waals surface area (Å²) < 4.78 is 17.3. The van der Waals surface area contributed by atoms with Crippen LogP contribution in [-0.2, 0) is 6.54 Å². The van der Waals surface area contributed by atoms with Crippen LogP contribution in [0.2, 0.25) is 0 Å². The van der Waals surface area contributed by atoms with E-state index in [1.54, 1.807) is 7.11 Å². The molecule has 0 atom stereocenters. The molecular formula is C21H19N3O4S. The smallest absolute Gasteiger partial charge is 0.442 e. The van der Waals surface area contributed by atoms with Crippen molar-refractivity contribution in [2.45, 2.75) is 13.5 Å². The topological polar surface area (TPSA) is 79.4 Å². The van der Waals surface area contributed by atoms with Crippen LogP contribution in [0.3, 0.4) is 0 Å². The lowest BCUT2D eigenvalue weighted by atomic mass is 10.2. The molecule has 0 N–H and O–H groups in total. The third kappa shape index (κ3) is 3.93. The lowest BCUT2D eigenvalue weighted by Gasteiger charge is -2.09. The Morgan fingerprint density at radius 3 is 2.69 bits per heavy atom. The van der Waals surface area contributed by atoms with E-state index in [1.165, 1.54) is 15.9 Å². The van der Waals surface area contributed by atoms with Gasteiger partial charge < -0.3 is 9.47 Å². The molecule has 4 rings (SSSR count). The normalized spacial score (nSPS) is 10.8. The highest BCUT2D eigenvalue weighted by Gasteiger charge is 2.15. The average molecular weight is 409 g/mol. The summed E-state index contributed by atoms with van der Waals surface area (Å²) in [6.45, 7) is 2.77. The Morgan fingerprint density at radius 1 is 1.10 bits per heavy atom. The number of rotatable bonds is 7. The Hall–Kier alpha value is -3.39. The van der Waals surface area contributed by atoms with Gasteiger partial charge in [-0.3, -0.25) is 9.09 Å². The van der Waals surface area contributed by atoms with Gasteiger partial charge in [-0.15, -0.1) is 11.3 Å². The highest BCUT2D eigenvalue weighted by Crippen LogP contribution is 2.34. The molecule has 2 aromatic heterocycles. The summed E-state index contributed by atoms with van der Waals surface area (Å²) in [5, 5.41) is 6.67. The Balaban J connectivity index is 1.62. The monoisotopic (exact) mass is 409 g/mol. The van der Waals surface area contributed by atoms with Crippen molar-refractivity contribution in [3.8, 4) is 33.5 Å². The standard InChI is InChI=1S/C21H19N3O4S/c1-3-27-17-10-9-15(11-18(17)26-2)20-22-16(13-29-20)12-24-19(23-28-21(24)25)14-7-5-4-6-8-14/h4-11,13H,3,12H2,1-2H3. The fourth-order valence-corrected chi connectivity index (χ4v) is 3.76. The predicted molar refractivity (Wildman–Crippen MR) is 111 cm³/mol. The molecule has 0 spiro atoms. The zero-order chi connectivity index (χ0) is 20.2. The van der Waals surface area contributed by atoms with Crippen molar-refractivity contribution < 1.29 is 14.0 Å². The van der Waals surface area contributed by atoms with Crippen LogP contribution in [-0.4, -0.2) is 28.4 Å². The number of hydrogen-bond donors (Lipinski definition) is 0. The van der Waals surface area contributed by atoms with Gasteiger partial charge in [0.05, 0.1) is 26.0 Å². The van der Waals surface area contributed by atoms with Crippen molar-refractivity contribution in [2.75, 3.05) is 13.7 Å². The van der Waals surface area contributed by atoms with Gasteiger partial charge in [0.25, 0.3) is 0 Å². The van der Waals surface area contributed by atoms with Gasteiger partial charge >= 0.3 is 5.76 Å². The minimum atomic E-state index is -0.513. The van der Waals surface area contributed by atoms with Gasteiger partial charge in [0.2, 0.25) is 0 Å². The van der Waals surface area contributed by atoms with E-state index in [1.807, 2.05) is 60.8 Å². The molecule has 2 heterocycles. The van der Waals surface area contributed by atoms with Crippen LogP contribution in [0.4, 0.5) is 0 Å². The molecule has 8 heteroatoms. The molecule has 148 valence electrons. The van der Waals surface area contributed by atoms with Gasteiger partial charge in [0, 0.05) is 16.5 Å².